The number of carbonyl (C=O) groups is 1. The van der Waals surface area contributed by atoms with Crippen LogP contribution in [0.15, 0.2) is 0 Å². The quantitative estimate of drug-likeness (QED) is 0.780. The Bertz CT molecular complexity index is 246. The van der Waals surface area contributed by atoms with Gasteiger partial charge in [-0.3, -0.25) is 9.69 Å². The van der Waals surface area contributed by atoms with E-state index >= 15 is 0 Å². The van der Waals surface area contributed by atoms with Gasteiger partial charge in [-0.2, -0.15) is 0 Å². The second-order valence-electron chi connectivity index (χ2n) is 5.13. The van der Waals surface area contributed by atoms with Crippen LogP contribution < -0.4 is 0 Å². The molecule has 0 saturated carbocycles. The minimum atomic E-state index is 0.214. The van der Waals surface area contributed by atoms with Crippen molar-refractivity contribution in [1.29, 1.82) is 0 Å². The Balaban J connectivity index is 2.36. The van der Waals surface area contributed by atoms with Crippen LogP contribution in [-0.4, -0.2) is 60.1 Å². The normalized spacial score (nSPS) is 25.9. The number of aliphatic hydroxyl groups excluding tert-OH is 1. The molecule has 1 fully saturated rings. The predicted molar refractivity (Wildman–Crippen MR) is 68.8 cm³/mol. The highest BCUT2D eigenvalue weighted by Gasteiger charge is 2.25. The second-order valence-corrected chi connectivity index (χ2v) is 5.13. The molecule has 0 aliphatic carbocycles. The summed E-state index contributed by atoms with van der Waals surface area (Å²) in [6, 6.07) is 0.539. The minimum absolute atomic E-state index is 0.214. The van der Waals surface area contributed by atoms with Gasteiger partial charge in [-0.05, 0) is 32.6 Å². The van der Waals surface area contributed by atoms with Crippen LogP contribution in [0.5, 0.6) is 0 Å². The molecule has 100 valence electrons. The van der Waals surface area contributed by atoms with Crippen LogP contribution >= 0.6 is 0 Å². The molecule has 1 aliphatic rings. The van der Waals surface area contributed by atoms with Crippen molar-refractivity contribution in [2.24, 2.45) is 5.92 Å². The standard InChI is InChI=1S/C13H26N2O2/c1-4-14(3)13(17)7-8-15-9-12(10-16)6-5-11(15)2/h11-12,16H,4-10H2,1-3H3. The fraction of sp³-hybridized carbons (Fsp3) is 0.923. The van der Waals surface area contributed by atoms with Crippen molar-refractivity contribution < 1.29 is 9.90 Å². The first-order chi connectivity index (χ1) is 8.08. The molecule has 2 atom stereocenters. The van der Waals surface area contributed by atoms with E-state index in [2.05, 4.69) is 11.8 Å². The molecule has 4 heteroatoms. The third kappa shape index (κ3) is 4.28. The molecule has 0 bridgehead atoms. The highest BCUT2D eigenvalue weighted by molar-refractivity contribution is 5.75. The molecule has 1 saturated heterocycles. The van der Waals surface area contributed by atoms with E-state index in [1.165, 1.54) is 0 Å². The van der Waals surface area contributed by atoms with Crippen LogP contribution in [0.1, 0.15) is 33.1 Å². The van der Waals surface area contributed by atoms with Gasteiger partial charge in [-0.25, -0.2) is 0 Å². The summed E-state index contributed by atoms with van der Waals surface area (Å²) in [6.45, 7) is 6.99. The van der Waals surface area contributed by atoms with Gasteiger partial charge in [-0.1, -0.05) is 0 Å². The maximum atomic E-state index is 11.7. The zero-order valence-electron chi connectivity index (χ0n) is 11.4. The Morgan fingerprint density at radius 2 is 2.18 bits per heavy atom. The van der Waals surface area contributed by atoms with Gasteiger partial charge < -0.3 is 10.0 Å². The molecule has 4 nitrogen and oxygen atoms in total. The van der Waals surface area contributed by atoms with E-state index < -0.39 is 0 Å². The molecule has 0 aromatic heterocycles. The zero-order valence-corrected chi connectivity index (χ0v) is 11.4. The van der Waals surface area contributed by atoms with Crippen LogP contribution in [0.2, 0.25) is 0 Å². The van der Waals surface area contributed by atoms with E-state index in [1.54, 1.807) is 4.90 Å². The van der Waals surface area contributed by atoms with Crippen molar-refractivity contribution in [2.75, 3.05) is 33.3 Å². The van der Waals surface area contributed by atoms with Gasteiger partial charge >= 0.3 is 0 Å². The van der Waals surface area contributed by atoms with Crippen molar-refractivity contribution in [3.8, 4) is 0 Å². The van der Waals surface area contributed by atoms with E-state index in [9.17, 15) is 9.90 Å². The fourth-order valence-electron chi connectivity index (χ4n) is 2.33. The van der Waals surface area contributed by atoms with Crippen molar-refractivity contribution >= 4 is 5.91 Å². The Kier molecular flexibility index (Phi) is 5.92. The first kappa shape index (κ1) is 14.5. The molecule has 17 heavy (non-hydrogen) atoms. The highest BCUT2D eigenvalue weighted by atomic mass is 16.3. The van der Waals surface area contributed by atoms with Gasteiger partial charge in [0.05, 0.1) is 0 Å². The van der Waals surface area contributed by atoms with Crippen molar-refractivity contribution in [3.63, 3.8) is 0 Å². The number of hydrogen-bond acceptors (Lipinski definition) is 3. The summed E-state index contributed by atoms with van der Waals surface area (Å²) in [5.74, 6) is 0.607. The number of hydrogen-bond donors (Lipinski definition) is 1. The Morgan fingerprint density at radius 1 is 1.47 bits per heavy atom. The summed E-state index contributed by atoms with van der Waals surface area (Å²) in [4.78, 5) is 15.8. The maximum Gasteiger partial charge on any atom is 0.223 e. The number of likely N-dealkylation sites (tertiary alicyclic amines) is 1. The molecule has 0 aromatic carbocycles. The molecular weight excluding hydrogens is 216 g/mol. The van der Waals surface area contributed by atoms with Crippen molar-refractivity contribution in [3.05, 3.63) is 0 Å². The van der Waals surface area contributed by atoms with Crippen LogP contribution in [0, 0.1) is 5.92 Å². The molecule has 0 radical (unpaired) electrons. The third-order valence-electron chi connectivity index (χ3n) is 3.88. The van der Waals surface area contributed by atoms with Gasteiger partial charge in [0.2, 0.25) is 5.91 Å². The summed E-state index contributed by atoms with van der Waals surface area (Å²) in [7, 11) is 1.85. The lowest BCUT2D eigenvalue weighted by atomic mass is 9.94. The predicted octanol–water partition coefficient (Wildman–Crippen LogP) is 0.948. The molecule has 1 N–H and O–H groups in total. The smallest absolute Gasteiger partial charge is 0.223 e. The molecule has 0 spiro atoms. The molecule has 1 aliphatic heterocycles. The summed E-state index contributed by atoms with van der Waals surface area (Å²) in [5.41, 5.74) is 0. The van der Waals surface area contributed by atoms with Gasteiger partial charge in [0.1, 0.15) is 0 Å². The van der Waals surface area contributed by atoms with E-state index in [-0.39, 0.29) is 12.5 Å². The summed E-state index contributed by atoms with van der Waals surface area (Å²) >= 11 is 0. The highest BCUT2D eigenvalue weighted by Crippen LogP contribution is 2.21. The van der Waals surface area contributed by atoms with Gasteiger partial charge in [0.25, 0.3) is 0 Å². The summed E-state index contributed by atoms with van der Waals surface area (Å²) in [5, 5.41) is 9.20. The SMILES string of the molecule is CCN(C)C(=O)CCN1CC(CO)CCC1C. The van der Waals surface area contributed by atoms with Crippen molar-refractivity contribution in [1.82, 2.24) is 9.80 Å². The van der Waals surface area contributed by atoms with E-state index in [0.717, 1.165) is 32.5 Å². The molecule has 1 rings (SSSR count). The van der Waals surface area contributed by atoms with Crippen LogP contribution in [0.3, 0.4) is 0 Å². The average molecular weight is 242 g/mol. The van der Waals surface area contributed by atoms with E-state index in [0.29, 0.717) is 18.4 Å². The molecule has 2 unspecified atom stereocenters. The van der Waals surface area contributed by atoms with Crippen LogP contribution in [0.25, 0.3) is 0 Å². The Hall–Kier alpha value is -0.610. The number of piperidine rings is 1. The van der Waals surface area contributed by atoms with Crippen LogP contribution in [-0.2, 0) is 4.79 Å². The lowest BCUT2D eigenvalue weighted by molar-refractivity contribution is -0.130. The van der Waals surface area contributed by atoms with Crippen molar-refractivity contribution in [2.45, 2.75) is 39.2 Å². The Morgan fingerprint density at radius 3 is 2.76 bits per heavy atom. The summed E-state index contributed by atoms with van der Waals surface area (Å²) in [6.07, 6.45) is 2.83. The number of amides is 1. The number of carbonyl (C=O) groups excluding carboxylic acids is 1. The lowest BCUT2D eigenvalue weighted by Crippen LogP contribution is -2.44. The second kappa shape index (κ2) is 6.97. The van der Waals surface area contributed by atoms with E-state index in [4.69, 9.17) is 0 Å². The average Bonchev–Trinajstić information content (AvgIpc) is 2.36. The van der Waals surface area contributed by atoms with Gasteiger partial charge in [0, 0.05) is 45.8 Å². The maximum absolute atomic E-state index is 11.7. The number of nitrogens with zero attached hydrogens (tertiary/aromatic N) is 2. The monoisotopic (exact) mass is 242 g/mol. The summed E-state index contributed by atoms with van der Waals surface area (Å²) < 4.78 is 0. The van der Waals surface area contributed by atoms with Gasteiger partial charge in [-0.15, -0.1) is 0 Å². The largest absolute Gasteiger partial charge is 0.396 e. The Labute approximate surface area is 105 Å². The molecule has 1 amide bonds. The number of aliphatic hydroxyl groups is 1. The van der Waals surface area contributed by atoms with Gasteiger partial charge in [0.15, 0.2) is 0 Å². The minimum Gasteiger partial charge on any atom is -0.396 e. The molecule has 0 aromatic rings. The first-order valence-corrected chi connectivity index (χ1v) is 6.67. The number of rotatable bonds is 5. The molecule has 1 heterocycles. The third-order valence-corrected chi connectivity index (χ3v) is 3.88. The lowest BCUT2D eigenvalue weighted by Gasteiger charge is -2.37. The zero-order chi connectivity index (χ0) is 12.8. The van der Waals surface area contributed by atoms with Crippen LogP contribution in [0.4, 0.5) is 0 Å². The topological polar surface area (TPSA) is 43.8 Å². The first-order valence-electron chi connectivity index (χ1n) is 6.67. The van der Waals surface area contributed by atoms with E-state index in [1.807, 2.05) is 14.0 Å². The fourth-order valence-corrected chi connectivity index (χ4v) is 2.33. The molecular formula is C13H26N2O2.